The Hall–Kier alpha value is -2.33. The molecule has 0 unspecified atom stereocenters. The molecule has 10 heteroatoms. The molecule has 0 saturated carbocycles. The van der Waals surface area contributed by atoms with Crippen LogP contribution in [0.5, 0.6) is 11.5 Å². The first-order valence-corrected chi connectivity index (χ1v) is 11.3. The van der Waals surface area contributed by atoms with E-state index in [-0.39, 0.29) is 29.7 Å². The number of nitrogens with one attached hydrogen (secondary N) is 1. The Morgan fingerprint density at radius 3 is 2.67 bits per heavy atom. The van der Waals surface area contributed by atoms with E-state index in [0.29, 0.717) is 42.6 Å². The van der Waals surface area contributed by atoms with Crippen LogP contribution in [0.15, 0.2) is 47.4 Å². The number of hydrogen-bond acceptors (Lipinski definition) is 6. The molecule has 0 spiro atoms. The molecule has 2 aromatic rings. The molecular weight excluding hydrogens is 432 g/mol. The molecule has 2 aliphatic heterocycles. The van der Waals surface area contributed by atoms with Crippen LogP contribution in [0.4, 0.5) is 0 Å². The average Bonchev–Trinajstić information content (AvgIpc) is 2.78. The highest BCUT2D eigenvalue weighted by Crippen LogP contribution is 2.34. The second-order valence-electron chi connectivity index (χ2n) is 6.88. The van der Waals surface area contributed by atoms with Gasteiger partial charge in [-0.05, 0) is 23.8 Å². The van der Waals surface area contributed by atoms with Gasteiger partial charge in [-0.2, -0.15) is 0 Å². The maximum atomic E-state index is 12.7. The van der Waals surface area contributed by atoms with Gasteiger partial charge in [0.1, 0.15) is 6.61 Å². The Kier molecular flexibility index (Phi) is 6.14. The van der Waals surface area contributed by atoms with E-state index in [1.54, 1.807) is 29.2 Å². The molecule has 1 atom stereocenters. The summed E-state index contributed by atoms with van der Waals surface area (Å²) in [6.45, 7) is 2.10. The molecule has 2 aromatic carbocycles. The van der Waals surface area contributed by atoms with Gasteiger partial charge in [0.15, 0.2) is 11.5 Å². The minimum Gasteiger partial charge on any atom is -0.485 e. The zero-order valence-corrected chi connectivity index (χ0v) is 17.6. The number of halogens is 1. The molecular formula is C20H21ClN2O6S. The molecule has 0 aliphatic carbocycles. The van der Waals surface area contributed by atoms with E-state index in [0.717, 1.165) is 0 Å². The standard InChI is InChI=1S/C20H21ClN2O6S/c21-16-4-2-1-3-14(16)12-22-30(25,26)15-5-6-17-18(11-15)28-13-19(29-17)20(24)23-7-9-27-10-8-23/h1-6,11,19,22H,7-10,12-13H2/t19-/m0/s1. The maximum Gasteiger partial charge on any atom is 0.267 e. The van der Waals surface area contributed by atoms with Crippen LogP contribution in [0.3, 0.4) is 0 Å². The van der Waals surface area contributed by atoms with Crippen molar-refractivity contribution in [1.82, 2.24) is 9.62 Å². The first-order chi connectivity index (χ1) is 14.4. The van der Waals surface area contributed by atoms with Crippen molar-refractivity contribution in [3.05, 3.63) is 53.1 Å². The molecule has 0 radical (unpaired) electrons. The predicted octanol–water partition coefficient (Wildman–Crippen LogP) is 1.82. The van der Waals surface area contributed by atoms with Crippen LogP contribution in [0, 0.1) is 0 Å². The van der Waals surface area contributed by atoms with Crippen molar-refractivity contribution in [2.24, 2.45) is 0 Å². The summed E-state index contributed by atoms with van der Waals surface area (Å²) >= 11 is 6.08. The molecule has 30 heavy (non-hydrogen) atoms. The largest absolute Gasteiger partial charge is 0.485 e. The van der Waals surface area contributed by atoms with E-state index in [1.165, 1.54) is 18.2 Å². The highest BCUT2D eigenvalue weighted by atomic mass is 35.5. The van der Waals surface area contributed by atoms with Crippen LogP contribution in [0.25, 0.3) is 0 Å². The molecule has 1 N–H and O–H groups in total. The highest BCUT2D eigenvalue weighted by molar-refractivity contribution is 7.89. The van der Waals surface area contributed by atoms with E-state index >= 15 is 0 Å². The van der Waals surface area contributed by atoms with Gasteiger partial charge in [0.25, 0.3) is 5.91 Å². The Balaban J connectivity index is 1.44. The van der Waals surface area contributed by atoms with Crippen molar-refractivity contribution < 1.29 is 27.4 Å². The Labute approximate surface area is 179 Å². The van der Waals surface area contributed by atoms with Gasteiger partial charge in [0.05, 0.1) is 18.1 Å². The lowest BCUT2D eigenvalue weighted by Gasteiger charge is -2.32. The number of hydrogen-bond donors (Lipinski definition) is 1. The fourth-order valence-electron chi connectivity index (χ4n) is 3.23. The zero-order valence-electron chi connectivity index (χ0n) is 16.0. The molecule has 0 bridgehead atoms. The second kappa shape index (κ2) is 8.81. The second-order valence-corrected chi connectivity index (χ2v) is 9.05. The summed E-state index contributed by atoms with van der Waals surface area (Å²) in [7, 11) is -3.79. The molecule has 0 aromatic heterocycles. The Bertz CT molecular complexity index is 1040. The number of rotatable bonds is 5. The summed E-state index contributed by atoms with van der Waals surface area (Å²) in [5, 5.41) is 0.485. The Morgan fingerprint density at radius 1 is 1.13 bits per heavy atom. The fraction of sp³-hybridized carbons (Fsp3) is 0.350. The van der Waals surface area contributed by atoms with Crippen LogP contribution in [-0.4, -0.2) is 58.2 Å². The number of ether oxygens (including phenoxy) is 3. The van der Waals surface area contributed by atoms with Gasteiger partial charge in [-0.1, -0.05) is 29.8 Å². The summed E-state index contributed by atoms with van der Waals surface area (Å²) in [6, 6.07) is 11.3. The number of nitrogens with zero attached hydrogens (tertiary/aromatic N) is 1. The van der Waals surface area contributed by atoms with Crippen LogP contribution in [0.2, 0.25) is 5.02 Å². The lowest BCUT2D eigenvalue weighted by molar-refractivity contribution is -0.145. The van der Waals surface area contributed by atoms with Crippen LogP contribution < -0.4 is 14.2 Å². The predicted molar refractivity (Wildman–Crippen MR) is 109 cm³/mol. The maximum absolute atomic E-state index is 12.7. The monoisotopic (exact) mass is 452 g/mol. The number of carbonyl (C=O) groups excluding carboxylic acids is 1. The van der Waals surface area contributed by atoms with Gasteiger partial charge in [0.2, 0.25) is 16.1 Å². The van der Waals surface area contributed by atoms with E-state index < -0.39 is 16.1 Å². The normalized spacial score (nSPS) is 18.8. The number of benzene rings is 2. The van der Waals surface area contributed by atoms with Crippen molar-refractivity contribution >= 4 is 27.5 Å². The lowest BCUT2D eigenvalue weighted by atomic mass is 10.2. The number of amides is 1. The van der Waals surface area contributed by atoms with Crippen molar-refractivity contribution in [3.63, 3.8) is 0 Å². The van der Waals surface area contributed by atoms with Crippen molar-refractivity contribution in [2.45, 2.75) is 17.5 Å². The average molecular weight is 453 g/mol. The third-order valence-corrected chi connectivity index (χ3v) is 6.66. The third-order valence-electron chi connectivity index (χ3n) is 4.89. The van der Waals surface area contributed by atoms with Crippen molar-refractivity contribution in [1.29, 1.82) is 0 Å². The Morgan fingerprint density at radius 2 is 1.90 bits per heavy atom. The van der Waals surface area contributed by atoms with Crippen LogP contribution in [0.1, 0.15) is 5.56 Å². The van der Waals surface area contributed by atoms with Crippen molar-refractivity contribution in [3.8, 4) is 11.5 Å². The topological polar surface area (TPSA) is 94.2 Å². The minimum absolute atomic E-state index is 0.0136. The van der Waals surface area contributed by atoms with Crippen LogP contribution in [-0.2, 0) is 26.1 Å². The van der Waals surface area contributed by atoms with Gasteiger partial charge < -0.3 is 19.1 Å². The summed E-state index contributed by atoms with van der Waals surface area (Å²) < 4.78 is 44.5. The molecule has 2 aliphatic rings. The molecule has 2 heterocycles. The SMILES string of the molecule is O=C([C@@H]1COc2cc(S(=O)(=O)NCc3ccccc3Cl)ccc2O1)N1CCOCC1. The number of carbonyl (C=O) groups is 1. The summed E-state index contributed by atoms with van der Waals surface area (Å²) in [5.74, 6) is 0.446. The summed E-state index contributed by atoms with van der Waals surface area (Å²) in [6.07, 6.45) is -0.767. The molecule has 4 rings (SSSR count). The quantitative estimate of drug-likeness (QED) is 0.743. The van der Waals surface area contributed by atoms with Crippen molar-refractivity contribution in [2.75, 3.05) is 32.9 Å². The highest BCUT2D eigenvalue weighted by Gasteiger charge is 2.32. The van der Waals surface area contributed by atoms with Gasteiger partial charge >= 0.3 is 0 Å². The van der Waals surface area contributed by atoms with Gasteiger partial charge in [-0.25, -0.2) is 13.1 Å². The molecule has 1 amide bonds. The summed E-state index contributed by atoms with van der Waals surface area (Å²) in [4.78, 5) is 14.3. The number of fused-ring (bicyclic) bond motifs is 1. The van der Waals surface area contributed by atoms with Gasteiger partial charge in [0, 0.05) is 30.7 Å². The first-order valence-electron chi connectivity index (χ1n) is 9.47. The summed E-state index contributed by atoms with van der Waals surface area (Å²) in [5.41, 5.74) is 0.671. The molecule has 1 fully saturated rings. The molecule has 160 valence electrons. The van der Waals surface area contributed by atoms with Gasteiger partial charge in [-0.3, -0.25) is 4.79 Å². The van der Waals surface area contributed by atoms with Crippen LogP contribution >= 0.6 is 11.6 Å². The van der Waals surface area contributed by atoms with Gasteiger partial charge in [-0.15, -0.1) is 0 Å². The number of morpholine rings is 1. The van der Waals surface area contributed by atoms with E-state index in [4.69, 9.17) is 25.8 Å². The van der Waals surface area contributed by atoms with E-state index in [9.17, 15) is 13.2 Å². The smallest absolute Gasteiger partial charge is 0.267 e. The minimum atomic E-state index is -3.79. The van der Waals surface area contributed by atoms with E-state index in [1.807, 2.05) is 0 Å². The number of sulfonamides is 1. The lowest BCUT2D eigenvalue weighted by Crippen LogP contribution is -2.50. The molecule has 8 nitrogen and oxygen atoms in total. The van der Waals surface area contributed by atoms with E-state index in [2.05, 4.69) is 4.72 Å². The first kappa shape index (κ1) is 20.9. The zero-order chi connectivity index (χ0) is 21.1. The molecule has 1 saturated heterocycles. The fourth-order valence-corrected chi connectivity index (χ4v) is 4.45. The third kappa shape index (κ3) is 4.54.